The highest BCUT2D eigenvalue weighted by Gasteiger charge is 2.26. The minimum atomic E-state index is -0.172. The van der Waals surface area contributed by atoms with Gasteiger partial charge in [-0.2, -0.15) is 0 Å². The molecule has 76 valence electrons. The topological polar surface area (TPSA) is 37.4 Å². The van der Waals surface area contributed by atoms with Gasteiger partial charge in [-0.15, -0.1) is 0 Å². The first-order valence-electron chi connectivity index (χ1n) is 4.88. The van der Waals surface area contributed by atoms with Crippen molar-refractivity contribution in [2.75, 3.05) is 6.54 Å². The maximum absolute atomic E-state index is 11.6. The van der Waals surface area contributed by atoms with Crippen LogP contribution < -0.4 is 0 Å². The van der Waals surface area contributed by atoms with Crippen LogP contribution in [-0.2, 0) is 16.1 Å². The van der Waals surface area contributed by atoms with Crippen LogP contribution >= 0.6 is 0 Å². The highest BCUT2D eigenvalue weighted by atomic mass is 16.2. The molecule has 1 aromatic carbocycles. The lowest BCUT2D eigenvalue weighted by Crippen LogP contribution is -2.24. The molecule has 0 unspecified atom stereocenters. The van der Waals surface area contributed by atoms with Crippen LogP contribution in [0.3, 0.4) is 0 Å². The summed E-state index contributed by atoms with van der Waals surface area (Å²) in [6, 6.07) is 9.75. The zero-order valence-corrected chi connectivity index (χ0v) is 8.27. The lowest BCUT2D eigenvalue weighted by atomic mass is 10.2. The molecule has 15 heavy (non-hydrogen) atoms. The van der Waals surface area contributed by atoms with Gasteiger partial charge in [-0.05, 0) is 5.56 Å². The fourth-order valence-electron chi connectivity index (χ4n) is 1.70. The summed E-state index contributed by atoms with van der Waals surface area (Å²) in [6.45, 7) is 1.20. The number of carbonyl (C=O) groups excluding carboxylic acids is 2. The van der Waals surface area contributed by atoms with E-state index in [1.807, 2.05) is 30.3 Å². The van der Waals surface area contributed by atoms with E-state index in [4.69, 9.17) is 0 Å². The van der Waals surface area contributed by atoms with Crippen LogP contribution in [0.25, 0.3) is 0 Å². The van der Waals surface area contributed by atoms with Crippen LogP contribution in [0.15, 0.2) is 35.9 Å². The van der Waals surface area contributed by atoms with Crippen LogP contribution in [0.4, 0.5) is 0 Å². The smallest absolute Gasteiger partial charge is 0.261 e. The number of nitrogens with zero attached hydrogens (tertiary/aromatic N) is 1. The van der Waals surface area contributed by atoms with Gasteiger partial charge in [-0.3, -0.25) is 4.79 Å². The van der Waals surface area contributed by atoms with Crippen molar-refractivity contribution in [3.8, 4) is 0 Å². The number of rotatable bonds is 2. The van der Waals surface area contributed by atoms with E-state index in [-0.39, 0.29) is 11.5 Å². The molecule has 1 aromatic rings. The molecule has 0 saturated carbocycles. The molecule has 3 heteroatoms. The number of likely N-dealkylation sites (tertiary alicyclic amines) is 1. The Labute approximate surface area is 88.0 Å². The maximum atomic E-state index is 11.6. The number of benzene rings is 1. The van der Waals surface area contributed by atoms with Crippen molar-refractivity contribution in [3.05, 3.63) is 41.5 Å². The van der Waals surface area contributed by atoms with E-state index in [2.05, 4.69) is 0 Å². The maximum Gasteiger partial charge on any atom is 0.261 e. The second-order valence-electron chi connectivity index (χ2n) is 3.54. The molecule has 3 nitrogen and oxygen atoms in total. The second kappa shape index (κ2) is 4.11. The first kappa shape index (κ1) is 9.69. The Balaban J connectivity index is 2.09. The lowest BCUT2D eigenvalue weighted by Gasteiger charge is -2.14. The van der Waals surface area contributed by atoms with Gasteiger partial charge in [-0.1, -0.05) is 30.3 Å². The summed E-state index contributed by atoms with van der Waals surface area (Å²) in [5.41, 5.74) is 1.35. The van der Waals surface area contributed by atoms with Gasteiger partial charge in [0.25, 0.3) is 5.91 Å². The van der Waals surface area contributed by atoms with Crippen molar-refractivity contribution in [1.82, 2.24) is 4.90 Å². The quantitative estimate of drug-likeness (QED) is 0.532. The molecule has 1 saturated heterocycles. The molecule has 0 aliphatic carbocycles. The Bertz CT molecular complexity index is 419. The van der Waals surface area contributed by atoms with Crippen LogP contribution in [0, 0.1) is 0 Å². The first-order chi connectivity index (χ1) is 7.31. The summed E-state index contributed by atoms with van der Waals surface area (Å²) in [4.78, 5) is 23.6. The molecule has 0 aromatic heterocycles. The highest BCUT2D eigenvalue weighted by Crippen LogP contribution is 2.17. The Hall–Kier alpha value is -1.86. The van der Waals surface area contributed by atoms with Crippen molar-refractivity contribution in [1.29, 1.82) is 0 Å². The Morgan fingerprint density at radius 1 is 1.27 bits per heavy atom. The lowest BCUT2D eigenvalue weighted by molar-refractivity contribution is -0.125. The first-order valence-corrected chi connectivity index (χ1v) is 4.88. The average molecular weight is 201 g/mol. The van der Waals surface area contributed by atoms with Crippen molar-refractivity contribution in [2.24, 2.45) is 0 Å². The van der Waals surface area contributed by atoms with Crippen molar-refractivity contribution < 1.29 is 9.59 Å². The predicted octanol–water partition coefficient (Wildman–Crippen LogP) is 1.18. The summed E-state index contributed by atoms with van der Waals surface area (Å²) in [5.74, 6) is 1.53. The number of hydrogen-bond donors (Lipinski definition) is 0. The van der Waals surface area contributed by atoms with E-state index in [0.717, 1.165) is 5.56 Å². The molecule has 0 spiro atoms. The van der Waals surface area contributed by atoms with E-state index in [1.165, 1.54) is 0 Å². The van der Waals surface area contributed by atoms with E-state index >= 15 is 0 Å². The summed E-state index contributed by atoms with van der Waals surface area (Å²) < 4.78 is 0. The molecule has 0 bridgehead atoms. The van der Waals surface area contributed by atoms with Crippen molar-refractivity contribution >= 4 is 11.8 Å². The average Bonchev–Trinajstić information content (AvgIpc) is 2.62. The van der Waals surface area contributed by atoms with Gasteiger partial charge in [0.15, 0.2) is 0 Å². The van der Waals surface area contributed by atoms with Gasteiger partial charge in [-0.25, -0.2) is 4.79 Å². The van der Waals surface area contributed by atoms with Gasteiger partial charge in [0.1, 0.15) is 11.5 Å². The van der Waals surface area contributed by atoms with Gasteiger partial charge in [0, 0.05) is 19.5 Å². The van der Waals surface area contributed by atoms with Crippen LogP contribution in [0.1, 0.15) is 12.0 Å². The zero-order chi connectivity index (χ0) is 10.7. The standard InChI is InChI=1S/C12H11NO2/c14-9-11-6-7-13(12(11)15)8-10-4-2-1-3-5-10/h1-5H,6-8H2. The fourth-order valence-corrected chi connectivity index (χ4v) is 1.70. The largest absolute Gasteiger partial charge is 0.334 e. The monoisotopic (exact) mass is 201 g/mol. The number of amides is 1. The summed E-state index contributed by atoms with van der Waals surface area (Å²) in [6.07, 6.45) is 0.523. The van der Waals surface area contributed by atoms with Gasteiger partial charge < -0.3 is 4.90 Å². The molecule has 1 heterocycles. The molecule has 1 fully saturated rings. The minimum absolute atomic E-state index is 0.172. The molecule has 1 aliphatic rings. The van der Waals surface area contributed by atoms with E-state index in [9.17, 15) is 9.59 Å². The summed E-state index contributed by atoms with van der Waals surface area (Å²) in [5, 5.41) is 0. The predicted molar refractivity (Wildman–Crippen MR) is 55.7 cm³/mol. The van der Waals surface area contributed by atoms with E-state index in [1.54, 1.807) is 10.8 Å². The number of hydrogen-bond acceptors (Lipinski definition) is 2. The second-order valence-corrected chi connectivity index (χ2v) is 3.54. The molecule has 2 rings (SSSR count). The molecule has 0 atom stereocenters. The summed E-state index contributed by atoms with van der Waals surface area (Å²) in [7, 11) is 0. The van der Waals surface area contributed by atoms with Crippen LogP contribution in [-0.4, -0.2) is 23.3 Å². The van der Waals surface area contributed by atoms with Crippen molar-refractivity contribution in [2.45, 2.75) is 13.0 Å². The molecular formula is C12H11NO2. The van der Waals surface area contributed by atoms with Crippen molar-refractivity contribution in [3.63, 3.8) is 0 Å². The fraction of sp³-hybridized carbons (Fsp3) is 0.250. The normalized spacial score (nSPS) is 15.6. The Morgan fingerprint density at radius 3 is 2.60 bits per heavy atom. The molecule has 1 amide bonds. The van der Waals surface area contributed by atoms with Gasteiger partial charge in [0.2, 0.25) is 0 Å². The van der Waals surface area contributed by atoms with E-state index in [0.29, 0.717) is 19.5 Å². The SMILES string of the molecule is O=C=C1CCN(Cc2ccccc2)C1=O. The van der Waals surface area contributed by atoms with Gasteiger partial charge >= 0.3 is 0 Å². The third-order valence-electron chi connectivity index (χ3n) is 2.52. The third kappa shape index (κ3) is 1.97. The van der Waals surface area contributed by atoms with Gasteiger partial charge in [0.05, 0.1) is 0 Å². The molecule has 0 radical (unpaired) electrons. The Morgan fingerprint density at radius 2 is 2.00 bits per heavy atom. The molecular weight excluding hydrogens is 190 g/mol. The Kier molecular flexibility index (Phi) is 2.66. The van der Waals surface area contributed by atoms with Crippen LogP contribution in [0.5, 0.6) is 0 Å². The number of carbonyl (C=O) groups is 1. The van der Waals surface area contributed by atoms with Crippen LogP contribution in [0.2, 0.25) is 0 Å². The highest BCUT2D eigenvalue weighted by molar-refractivity contribution is 6.02. The third-order valence-corrected chi connectivity index (χ3v) is 2.52. The zero-order valence-electron chi connectivity index (χ0n) is 8.27. The summed E-state index contributed by atoms with van der Waals surface area (Å²) >= 11 is 0. The minimum Gasteiger partial charge on any atom is -0.334 e. The molecule has 1 aliphatic heterocycles. The molecule has 0 N–H and O–H groups in total. The van der Waals surface area contributed by atoms with E-state index < -0.39 is 0 Å².